The number of thiazole rings is 1. The zero-order valence-electron chi connectivity index (χ0n) is 13.1. The first-order valence-corrected chi connectivity index (χ1v) is 8.45. The van der Waals surface area contributed by atoms with E-state index in [0.29, 0.717) is 16.7 Å². The number of primary amides is 1. The average molecular weight is 347 g/mol. The number of aromatic nitrogens is 3. The Kier molecular flexibility index (Phi) is 4.43. The van der Waals surface area contributed by atoms with Crippen LogP contribution in [0, 0.1) is 0 Å². The molecule has 2 aromatic heterocycles. The summed E-state index contributed by atoms with van der Waals surface area (Å²) in [5, 5.41) is 8.96. The standard InChI is InChI=1S/C15H17N5O3S/c1-8(20-13(22)5-4-11(19-20)9-2-3-9)14(23)18-15-17-10(7-24-15)6-12(16)21/h4-5,7-9H,2-3,6H2,1H3,(H2,16,21)(H,17,18,23). The highest BCUT2D eigenvalue weighted by atomic mass is 32.1. The SMILES string of the molecule is CC(C(=O)Nc1nc(CC(N)=O)cs1)n1nc(C2CC2)ccc1=O. The van der Waals surface area contributed by atoms with Gasteiger partial charge in [-0.2, -0.15) is 5.10 Å². The van der Waals surface area contributed by atoms with Crippen molar-refractivity contribution < 1.29 is 9.59 Å². The number of carbonyl (C=O) groups excluding carboxylic acids is 2. The third-order valence-electron chi connectivity index (χ3n) is 3.72. The van der Waals surface area contributed by atoms with Crippen molar-refractivity contribution in [1.29, 1.82) is 0 Å². The molecule has 24 heavy (non-hydrogen) atoms. The topological polar surface area (TPSA) is 120 Å². The minimum Gasteiger partial charge on any atom is -0.369 e. The summed E-state index contributed by atoms with van der Waals surface area (Å²) < 4.78 is 1.20. The molecule has 126 valence electrons. The van der Waals surface area contributed by atoms with E-state index in [9.17, 15) is 14.4 Å². The minimum atomic E-state index is -0.764. The molecule has 1 unspecified atom stereocenters. The van der Waals surface area contributed by atoms with Gasteiger partial charge in [-0.05, 0) is 25.8 Å². The predicted octanol–water partition coefficient (Wildman–Crippen LogP) is 0.805. The molecular formula is C15H17N5O3S. The summed E-state index contributed by atoms with van der Waals surface area (Å²) in [5.41, 5.74) is 6.13. The first-order valence-electron chi connectivity index (χ1n) is 7.57. The van der Waals surface area contributed by atoms with Gasteiger partial charge in [-0.15, -0.1) is 11.3 Å². The van der Waals surface area contributed by atoms with Crippen LogP contribution in [0.25, 0.3) is 0 Å². The van der Waals surface area contributed by atoms with Gasteiger partial charge in [-0.25, -0.2) is 9.67 Å². The molecule has 0 aromatic carbocycles. The molecule has 1 atom stereocenters. The number of anilines is 1. The molecule has 0 aliphatic heterocycles. The molecule has 1 fully saturated rings. The van der Waals surface area contributed by atoms with E-state index < -0.39 is 17.9 Å². The van der Waals surface area contributed by atoms with Crippen LogP contribution in [0.5, 0.6) is 0 Å². The molecule has 9 heteroatoms. The highest BCUT2D eigenvalue weighted by Crippen LogP contribution is 2.38. The minimum absolute atomic E-state index is 0.0202. The number of rotatable bonds is 6. The maximum absolute atomic E-state index is 12.4. The van der Waals surface area contributed by atoms with Gasteiger partial charge in [0.1, 0.15) is 6.04 Å². The lowest BCUT2D eigenvalue weighted by Crippen LogP contribution is -2.33. The van der Waals surface area contributed by atoms with Crippen LogP contribution in [0.1, 0.15) is 43.1 Å². The molecule has 2 heterocycles. The fourth-order valence-corrected chi connectivity index (χ4v) is 2.97. The molecule has 2 aromatic rings. The van der Waals surface area contributed by atoms with Gasteiger partial charge >= 0.3 is 0 Å². The second kappa shape index (κ2) is 6.52. The van der Waals surface area contributed by atoms with Gasteiger partial charge in [-0.1, -0.05) is 0 Å². The van der Waals surface area contributed by atoms with E-state index in [4.69, 9.17) is 5.73 Å². The van der Waals surface area contributed by atoms with Crippen LogP contribution in [0.15, 0.2) is 22.3 Å². The second-order valence-corrected chi connectivity index (χ2v) is 6.63. The Bertz CT molecular complexity index is 840. The van der Waals surface area contributed by atoms with E-state index >= 15 is 0 Å². The highest BCUT2D eigenvalue weighted by Gasteiger charge is 2.27. The van der Waals surface area contributed by atoms with Crippen molar-refractivity contribution in [2.24, 2.45) is 5.73 Å². The molecule has 0 saturated heterocycles. The average Bonchev–Trinajstić information content (AvgIpc) is 3.29. The van der Waals surface area contributed by atoms with E-state index in [1.807, 2.05) is 0 Å². The van der Waals surface area contributed by atoms with Crippen molar-refractivity contribution in [2.45, 2.75) is 38.1 Å². The third-order valence-corrected chi connectivity index (χ3v) is 4.53. The van der Waals surface area contributed by atoms with Crippen LogP contribution in [-0.4, -0.2) is 26.6 Å². The Morgan fingerprint density at radius 3 is 2.88 bits per heavy atom. The molecule has 8 nitrogen and oxygen atoms in total. The van der Waals surface area contributed by atoms with Gasteiger partial charge in [-0.3, -0.25) is 14.4 Å². The lowest BCUT2D eigenvalue weighted by atomic mass is 10.2. The van der Waals surface area contributed by atoms with Crippen molar-refractivity contribution in [3.63, 3.8) is 0 Å². The molecule has 1 saturated carbocycles. The fraction of sp³-hybridized carbons (Fsp3) is 0.400. The van der Waals surface area contributed by atoms with Crippen molar-refractivity contribution in [1.82, 2.24) is 14.8 Å². The lowest BCUT2D eigenvalue weighted by Gasteiger charge is -2.13. The summed E-state index contributed by atoms with van der Waals surface area (Å²) in [5.74, 6) is -0.487. The number of nitrogens with zero attached hydrogens (tertiary/aromatic N) is 3. The van der Waals surface area contributed by atoms with E-state index in [-0.39, 0.29) is 12.0 Å². The zero-order valence-corrected chi connectivity index (χ0v) is 13.9. The largest absolute Gasteiger partial charge is 0.369 e. The fourth-order valence-electron chi connectivity index (χ4n) is 2.26. The Balaban J connectivity index is 1.72. The number of nitrogens with two attached hydrogens (primary N) is 1. The maximum Gasteiger partial charge on any atom is 0.267 e. The van der Waals surface area contributed by atoms with E-state index in [1.165, 1.54) is 22.1 Å². The summed E-state index contributed by atoms with van der Waals surface area (Å²) in [6, 6.07) is 2.40. The van der Waals surface area contributed by atoms with Gasteiger partial charge in [0, 0.05) is 17.4 Å². The van der Waals surface area contributed by atoms with Gasteiger partial charge in [0.25, 0.3) is 11.5 Å². The summed E-state index contributed by atoms with van der Waals surface area (Å²) in [7, 11) is 0. The highest BCUT2D eigenvalue weighted by molar-refractivity contribution is 7.13. The van der Waals surface area contributed by atoms with Crippen LogP contribution in [0.4, 0.5) is 5.13 Å². The first-order chi connectivity index (χ1) is 11.4. The smallest absolute Gasteiger partial charge is 0.267 e. The lowest BCUT2D eigenvalue weighted by molar-refractivity contribution is -0.119. The Morgan fingerprint density at radius 1 is 1.46 bits per heavy atom. The Morgan fingerprint density at radius 2 is 2.21 bits per heavy atom. The van der Waals surface area contributed by atoms with Gasteiger partial charge < -0.3 is 11.1 Å². The van der Waals surface area contributed by atoms with Crippen LogP contribution < -0.4 is 16.6 Å². The summed E-state index contributed by atoms with van der Waals surface area (Å²) >= 11 is 1.20. The summed E-state index contributed by atoms with van der Waals surface area (Å²) in [6.45, 7) is 1.61. The van der Waals surface area contributed by atoms with Crippen LogP contribution in [-0.2, 0) is 16.0 Å². The quantitative estimate of drug-likeness (QED) is 0.801. The van der Waals surface area contributed by atoms with Crippen molar-refractivity contribution in [2.75, 3.05) is 5.32 Å². The predicted molar refractivity (Wildman–Crippen MR) is 88.8 cm³/mol. The number of hydrogen-bond acceptors (Lipinski definition) is 6. The first kappa shape index (κ1) is 16.3. The molecule has 0 bridgehead atoms. The van der Waals surface area contributed by atoms with Crippen molar-refractivity contribution >= 4 is 28.3 Å². The number of hydrogen-bond donors (Lipinski definition) is 2. The van der Waals surface area contributed by atoms with Gasteiger partial charge in [0.15, 0.2) is 5.13 Å². The molecule has 3 N–H and O–H groups in total. The molecular weight excluding hydrogens is 330 g/mol. The molecule has 0 spiro atoms. The van der Waals surface area contributed by atoms with E-state index in [0.717, 1.165) is 18.5 Å². The van der Waals surface area contributed by atoms with Crippen molar-refractivity contribution in [3.8, 4) is 0 Å². The van der Waals surface area contributed by atoms with Gasteiger partial charge in [0.05, 0.1) is 17.8 Å². The molecule has 0 radical (unpaired) electrons. The molecule has 2 amide bonds. The maximum atomic E-state index is 12.4. The number of carbonyl (C=O) groups is 2. The van der Waals surface area contributed by atoms with Crippen LogP contribution >= 0.6 is 11.3 Å². The van der Waals surface area contributed by atoms with E-state index in [1.54, 1.807) is 18.4 Å². The summed E-state index contributed by atoms with van der Waals surface area (Å²) in [4.78, 5) is 39.4. The third kappa shape index (κ3) is 3.67. The van der Waals surface area contributed by atoms with E-state index in [2.05, 4.69) is 15.4 Å². The number of amides is 2. The molecule has 1 aliphatic carbocycles. The second-order valence-electron chi connectivity index (χ2n) is 5.77. The monoisotopic (exact) mass is 347 g/mol. The van der Waals surface area contributed by atoms with Gasteiger partial charge in [0.2, 0.25) is 5.91 Å². The van der Waals surface area contributed by atoms with Crippen molar-refractivity contribution in [3.05, 3.63) is 39.3 Å². The van der Waals surface area contributed by atoms with Crippen LogP contribution in [0.3, 0.4) is 0 Å². The molecule has 1 aliphatic rings. The number of nitrogens with one attached hydrogen (secondary N) is 1. The Labute approximate surface area is 141 Å². The Hall–Kier alpha value is -2.55. The normalized spacial score (nSPS) is 15.0. The van der Waals surface area contributed by atoms with Crippen LogP contribution in [0.2, 0.25) is 0 Å². The zero-order chi connectivity index (χ0) is 17.3. The molecule has 3 rings (SSSR count). The summed E-state index contributed by atoms with van der Waals surface area (Å²) in [6.07, 6.45) is 2.15.